The molecule has 0 radical (unpaired) electrons. The average Bonchev–Trinajstić information content (AvgIpc) is 2.72. The first-order chi connectivity index (χ1) is 14.0. The molecule has 7 heteroatoms. The summed E-state index contributed by atoms with van der Waals surface area (Å²) in [7, 11) is 0. The molecule has 3 rings (SSSR count). The predicted molar refractivity (Wildman–Crippen MR) is 106 cm³/mol. The van der Waals surface area contributed by atoms with Gasteiger partial charge in [-0.25, -0.2) is 4.39 Å². The number of carbonyl (C=O) groups excluding carboxylic acids is 2. The second-order valence-electron chi connectivity index (χ2n) is 6.18. The number of hydrogen-bond donors (Lipinski definition) is 2. The zero-order valence-electron chi connectivity index (χ0n) is 15.4. The van der Waals surface area contributed by atoms with Crippen LogP contribution in [0.3, 0.4) is 0 Å². The monoisotopic (exact) mass is 394 g/mol. The molecule has 2 amide bonds. The standard InChI is InChI=1S/C22H19FN2O4/c23-17-9-7-15(8-10-17)13-28-19-5-1-3-16(11-19)22(27)25-18-4-2-6-20(12-18)29-14-21(24)26/h1-12H,13-14H2,(H2,24,26)(H,25,27). The van der Waals surface area contributed by atoms with Crippen molar-refractivity contribution in [2.24, 2.45) is 5.73 Å². The number of nitrogens with one attached hydrogen (secondary N) is 1. The molecule has 29 heavy (non-hydrogen) atoms. The van der Waals surface area contributed by atoms with Crippen LogP contribution in [0.5, 0.6) is 11.5 Å². The average molecular weight is 394 g/mol. The van der Waals surface area contributed by atoms with Crippen molar-refractivity contribution in [3.05, 3.63) is 89.7 Å². The van der Waals surface area contributed by atoms with Gasteiger partial charge in [0.2, 0.25) is 0 Å². The van der Waals surface area contributed by atoms with Gasteiger partial charge in [0.15, 0.2) is 6.61 Å². The lowest BCUT2D eigenvalue weighted by atomic mass is 10.2. The molecule has 3 aromatic rings. The van der Waals surface area contributed by atoms with Crippen molar-refractivity contribution >= 4 is 17.5 Å². The van der Waals surface area contributed by atoms with Crippen molar-refractivity contribution in [3.8, 4) is 11.5 Å². The number of anilines is 1. The fourth-order valence-corrected chi connectivity index (χ4v) is 2.50. The highest BCUT2D eigenvalue weighted by molar-refractivity contribution is 6.04. The third-order valence-electron chi connectivity index (χ3n) is 3.89. The molecule has 0 aliphatic carbocycles. The van der Waals surface area contributed by atoms with Gasteiger partial charge in [-0.15, -0.1) is 0 Å². The maximum absolute atomic E-state index is 13.0. The maximum Gasteiger partial charge on any atom is 0.255 e. The zero-order chi connectivity index (χ0) is 20.6. The minimum atomic E-state index is -0.586. The Labute approximate surface area is 167 Å². The van der Waals surface area contributed by atoms with Gasteiger partial charge in [-0.2, -0.15) is 0 Å². The van der Waals surface area contributed by atoms with Gasteiger partial charge in [0.05, 0.1) is 0 Å². The molecule has 148 valence electrons. The van der Waals surface area contributed by atoms with Gasteiger partial charge in [0, 0.05) is 17.3 Å². The SMILES string of the molecule is NC(=O)COc1cccc(NC(=O)c2cccc(OCc3ccc(F)cc3)c2)c1. The first kappa shape index (κ1) is 19.9. The van der Waals surface area contributed by atoms with Gasteiger partial charge in [0.25, 0.3) is 11.8 Å². The van der Waals surface area contributed by atoms with E-state index in [0.717, 1.165) is 5.56 Å². The molecule has 0 saturated heterocycles. The second kappa shape index (κ2) is 9.36. The van der Waals surface area contributed by atoms with Crippen LogP contribution in [0, 0.1) is 5.82 Å². The largest absolute Gasteiger partial charge is 0.489 e. The van der Waals surface area contributed by atoms with Crippen LogP contribution in [0.2, 0.25) is 0 Å². The molecule has 6 nitrogen and oxygen atoms in total. The third kappa shape index (κ3) is 6.07. The number of rotatable bonds is 8. The fourth-order valence-electron chi connectivity index (χ4n) is 2.50. The van der Waals surface area contributed by atoms with Crippen molar-refractivity contribution < 1.29 is 23.5 Å². The lowest BCUT2D eigenvalue weighted by molar-refractivity contribution is -0.119. The van der Waals surface area contributed by atoms with Crippen LogP contribution in [0.1, 0.15) is 15.9 Å². The molecular formula is C22H19FN2O4. The van der Waals surface area contributed by atoms with Crippen LogP contribution in [0.4, 0.5) is 10.1 Å². The minimum absolute atomic E-state index is 0.245. The van der Waals surface area contributed by atoms with Gasteiger partial charge >= 0.3 is 0 Å². The first-order valence-electron chi connectivity index (χ1n) is 8.79. The summed E-state index contributed by atoms with van der Waals surface area (Å²) in [4.78, 5) is 23.3. The molecule has 0 saturated carbocycles. The number of primary amides is 1. The summed E-state index contributed by atoms with van der Waals surface area (Å²) in [6.45, 7) is 0.00936. The quantitative estimate of drug-likeness (QED) is 0.612. The number of halogens is 1. The molecule has 0 aliphatic rings. The summed E-state index contributed by atoms with van der Waals surface area (Å²) < 4.78 is 23.9. The Morgan fingerprint density at radius 2 is 1.59 bits per heavy atom. The molecule has 0 unspecified atom stereocenters. The number of ether oxygens (including phenoxy) is 2. The molecule has 3 N–H and O–H groups in total. The highest BCUT2D eigenvalue weighted by atomic mass is 19.1. The van der Waals surface area contributed by atoms with Crippen LogP contribution >= 0.6 is 0 Å². The third-order valence-corrected chi connectivity index (χ3v) is 3.89. The highest BCUT2D eigenvalue weighted by Gasteiger charge is 2.09. The molecular weight excluding hydrogens is 375 g/mol. The molecule has 3 aromatic carbocycles. The number of hydrogen-bond acceptors (Lipinski definition) is 4. The minimum Gasteiger partial charge on any atom is -0.489 e. The van der Waals surface area contributed by atoms with E-state index in [4.69, 9.17) is 15.2 Å². The smallest absolute Gasteiger partial charge is 0.255 e. The van der Waals surface area contributed by atoms with Gasteiger partial charge in [-0.05, 0) is 48.0 Å². The van der Waals surface area contributed by atoms with Crippen LogP contribution in [-0.4, -0.2) is 18.4 Å². The van der Waals surface area contributed by atoms with Crippen molar-refractivity contribution in [2.75, 3.05) is 11.9 Å². The molecule has 0 bridgehead atoms. The van der Waals surface area contributed by atoms with E-state index in [-0.39, 0.29) is 24.9 Å². The first-order valence-corrected chi connectivity index (χ1v) is 8.79. The Hall–Kier alpha value is -3.87. The molecule has 0 aromatic heterocycles. The number of nitrogens with two attached hydrogens (primary N) is 1. The lowest BCUT2D eigenvalue weighted by Gasteiger charge is -2.10. The summed E-state index contributed by atoms with van der Waals surface area (Å²) in [5.41, 5.74) is 6.79. The zero-order valence-corrected chi connectivity index (χ0v) is 15.4. The van der Waals surface area contributed by atoms with Crippen LogP contribution in [0.25, 0.3) is 0 Å². The van der Waals surface area contributed by atoms with E-state index in [2.05, 4.69) is 5.32 Å². The Morgan fingerprint density at radius 3 is 2.31 bits per heavy atom. The van der Waals surface area contributed by atoms with Crippen LogP contribution in [-0.2, 0) is 11.4 Å². The van der Waals surface area contributed by atoms with Crippen molar-refractivity contribution in [2.45, 2.75) is 6.61 Å². The Kier molecular flexibility index (Phi) is 6.42. The van der Waals surface area contributed by atoms with E-state index in [0.29, 0.717) is 22.7 Å². The van der Waals surface area contributed by atoms with E-state index in [1.165, 1.54) is 12.1 Å². The summed E-state index contributed by atoms with van der Waals surface area (Å²) in [5.74, 6) is -0.295. The summed E-state index contributed by atoms with van der Waals surface area (Å²) in [6.07, 6.45) is 0. The topological polar surface area (TPSA) is 90.7 Å². The number of benzene rings is 3. The maximum atomic E-state index is 13.0. The summed E-state index contributed by atoms with van der Waals surface area (Å²) in [5, 5.41) is 2.76. The molecule has 0 aliphatic heterocycles. The van der Waals surface area contributed by atoms with Crippen molar-refractivity contribution in [1.29, 1.82) is 0 Å². The Balaban J connectivity index is 1.62. The van der Waals surface area contributed by atoms with E-state index >= 15 is 0 Å². The summed E-state index contributed by atoms with van der Waals surface area (Å²) in [6, 6.07) is 19.4. The predicted octanol–water partition coefficient (Wildman–Crippen LogP) is 3.52. The van der Waals surface area contributed by atoms with Crippen LogP contribution in [0.15, 0.2) is 72.8 Å². The van der Waals surface area contributed by atoms with Gasteiger partial charge < -0.3 is 20.5 Å². The Bertz CT molecular complexity index is 1010. The van der Waals surface area contributed by atoms with E-state index in [9.17, 15) is 14.0 Å². The molecule has 0 atom stereocenters. The highest BCUT2D eigenvalue weighted by Crippen LogP contribution is 2.20. The second-order valence-corrected chi connectivity index (χ2v) is 6.18. The van der Waals surface area contributed by atoms with E-state index in [1.54, 1.807) is 60.7 Å². The lowest BCUT2D eigenvalue weighted by Crippen LogP contribution is -2.20. The van der Waals surface area contributed by atoms with Crippen molar-refractivity contribution in [3.63, 3.8) is 0 Å². The van der Waals surface area contributed by atoms with E-state index in [1.807, 2.05) is 0 Å². The number of carbonyl (C=O) groups is 2. The molecule has 0 heterocycles. The molecule has 0 spiro atoms. The Morgan fingerprint density at radius 1 is 0.897 bits per heavy atom. The number of amides is 2. The normalized spacial score (nSPS) is 10.2. The van der Waals surface area contributed by atoms with Crippen LogP contribution < -0.4 is 20.5 Å². The molecule has 0 fully saturated rings. The van der Waals surface area contributed by atoms with E-state index < -0.39 is 5.91 Å². The van der Waals surface area contributed by atoms with Gasteiger partial charge in [-0.3, -0.25) is 9.59 Å². The summed E-state index contributed by atoms with van der Waals surface area (Å²) >= 11 is 0. The van der Waals surface area contributed by atoms with Gasteiger partial charge in [0.1, 0.15) is 23.9 Å². The van der Waals surface area contributed by atoms with Gasteiger partial charge in [-0.1, -0.05) is 24.3 Å². The fraction of sp³-hybridized carbons (Fsp3) is 0.0909. The van der Waals surface area contributed by atoms with Crippen molar-refractivity contribution in [1.82, 2.24) is 0 Å².